The molecule has 2 aromatic heterocycles. The minimum Gasteiger partial charge on any atom is -0.364 e. The number of hydrogen-bond acceptors (Lipinski definition) is 4. The van der Waals surface area contributed by atoms with Gasteiger partial charge in [0.15, 0.2) is 5.82 Å². The molecular weight excluding hydrogens is 180 g/mol. The Bertz CT molecular complexity index is 379. The standard InChI is InChI=1S/C9H12N4O/c1-7-12-9(13-14-7)6-10-5-8-3-2-4-11-8/h2-4,10-11H,5-6H2,1H3. The zero-order valence-electron chi connectivity index (χ0n) is 7.95. The highest BCUT2D eigenvalue weighted by molar-refractivity contribution is 5.03. The summed E-state index contributed by atoms with van der Waals surface area (Å²) in [6, 6.07) is 3.99. The molecule has 2 N–H and O–H groups in total. The summed E-state index contributed by atoms with van der Waals surface area (Å²) in [5, 5.41) is 6.98. The molecule has 0 fully saturated rings. The summed E-state index contributed by atoms with van der Waals surface area (Å²) in [7, 11) is 0. The molecule has 0 saturated heterocycles. The van der Waals surface area contributed by atoms with Gasteiger partial charge in [0.1, 0.15) is 0 Å². The lowest BCUT2D eigenvalue weighted by Crippen LogP contribution is -2.13. The molecule has 0 saturated carbocycles. The monoisotopic (exact) mass is 192 g/mol. The van der Waals surface area contributed by atoms with E-state index in [-0.39, 0.29) is 0 Å². The van der Waals surface area contributed by atoms with Crippen molar-refractivity contribution in [2.45, 2.75) is 20.0 Å². The molecule has 0 aliphatic rings. The number of nitrogens with zero attached hydrogens (tertiary/aromatic N) is 2. The Balaban J connectivity index is 1.78. The number of aryl methyl sites for hydroxylation is 1. The summed E-state index contributed by atoms with van der Waals surface area (Å²) in [4.78, 5) is 7.18. The first kappa shape index (κ1) is 8.96. The van der Waals surface area contributed by atoms with Crippen LogP contribution in [-0.4, -0.2) is 15.1 Å². The summed E-state index contributed by atoms with van der Waals surface area (Å²) in [5.74, 6) is 1.29. The van der Waals surface area contributed by atoms with Crippen LogP contribution in [0.4, 0.5) is 0 Å². The molecular formula is C9H12N4O. The molecule has 0 aliphatic heterocycles. The lowest BCUT2D eigenvalue weighted by molar-refractivity contribution is 0.385. The van der Waals surface area contributed by atoms with E-state index in [1.54, 1.807) is 6.92 Å². The summed E-state index contributed by atoms with van der Waals surface area (Å²) >= 11 is 0. The zero-order valence-corrected chi connectivity index (χ0v) is 7.95. The highest BCUT2D eigenvalue weighted by Crippen LogP contribution is 1.96. The second-order valence-electron chi connectivity index (χ2n) is 3.03. The second-order valence-corrected chi connectivity index (χ2v) is 3.03. The summed E-state index contributed by atoms with van der Waals surface area (Å²) in [6.07, 6.45) is 1.90. The Hall–Kier alpha value is -1.62. The molecule has 0 radical (unpaired) electrons. The van der Waals surface area contributed by atoms with Crippen molar-refractivity contribution in [1.29, 1.82) is 0 Å². The van der Waals surface area contributed by atoms with Crippen LogP contribution >= 0.6 is 0 Å². The maximum absolute atomic E-state index is 4.84. The third-order valence-electron chi connectivity index (χ3n) is 1.83. The second kappa shape index (κ2) is 4.06. The normalized spacial score (nSPS) is 10.6. The Labute approximate surface area is 81.5 Å². The van der Waals surface area contributed by atoms with Crippen molar-refractivity contribution in [2.75, 3.05) is 0 Å². The average Bonchev–Trinajstić information content (AvgIpc) is 2.77. The molecule has 0 bridgehead atoms. The quantitative estimate of drug-likeness (QED) is 0.758. The van der Waals surface area contributed by atoms with Crippen LogP contribution in [0.3, 0.4) is 0 Å². The number of aromatic nitrogens is 3. The van der Waals surface area contributed by atoms with Crippen LogP contribution in [0, 0.1) is 6.92 Å². The van der Waals surface area contributed by atoms with Crippen molar-refractivity contribution >= 4 is 0 Å². The Morgan fingerprint density at radius 3 is 3.07 bits per heavy atom. The van der Waals surface area contributed by atoms with Crippen LogP contribution in [0.15, 0.2) is 22.9 Å². The van der Waals surface area contributed by atoms with Crippen LogP contribution < -0.4 is 5.32 Å². The Morgan fingerprint density at radius 2 is 2.43 bits per heavy atom. The van der Waals surface area contributed by atoms with Gasteiger partial charge < -0.3 is 14.8 Å². The predicted octanol–water partition coefficient (Wildman–Crippen LogP) is 0.996. The maximum Gasteiger partial charge on any atom is 0.223 e. The van der Waals surface area contributed by atoms with Crippen molar-refractivity contribution in [3.05, 3.63) is 35.7 Å². The molecule has 0 spiro atoms. The molecule has 2 heterocycles. The number of nitrogens with one attached hydrogen (secondary N) is 2. The molecule has 0 amide bonds. The van der Waals surface area contributed by atoms with E-state index in [9.17, 15) is 0 Å². The lowest BCUT2D eigenvalue weighted by atomic mass is 10.4. The molecule has 2 aromatic rings. The van der Waals surface area contributed by atoms with Gasteiger partial charge >= 0.3 is 0 Å². The van der Waals surface area contributed by atoms with Gasteiger partial charge in [-0.25, -0.2) is 0 Å². The first-order valence-corrected chi connectivity index (χ1v) is 4.47. The maximum atomic E-state index is 4.84. The smallest absolute Gasteiger partial charge is 0.223 e. The third-order valence-corrected chi connectivity index (χ3v) is 1.83. The van der Waals surface area contributed by atoms with E-state index in [0.29, 0.717) is 18.3 Å². The van der Waals surface area contributed by atoms with Crippen LogP contribution in [0.2, 0.25) is 0 Å². The topological polar surface area (TPSA) is 66.7 Å². The first-order valence-electron chi connectivity index (χ1n) is 4.47. The van der Waals surface area contributed by atoms with E-state index >= 15 is 0 Å². The molecule has 14 heavy (non-hydrogen) atoms. The van der Waals surface area contributed by atoms with Gasteiger partial charge in [0.05, 0.1) is 6.54 Å². The van der Waals surface area contributed by atoms with Crippen LogP contribution in [0.25, 0.3) is 0 Å². The van der Waals surface area contributed by atoms with Crippen molar-refractivity contribution in [3.63, 3.8) is 0 Å². The lowest BCUT2D eigenvalue weighted by Gasteiger charge is -1.98. The molecule has 2 rings (SSSR count). The van der Waals surface area contributed by atoms with Crippen molar-refractivity contribution < 1.29 is 4.52 Å². The Morgan fingerprint density at radius 1 is 1.50 bits per heavy atom. The van der Waals surface area contributed by atoms with E-state index in [0.717, 1.165) is 12.2 Å². The fourth-order valence-electron chi connectivity index (χ4n) is 1.20. The zero-order chi connectivity index (χ0) is 9.80. The predicted molar refractivity (Wildman–Crippen MR) is 50.4 cm³/mol. The average molecular weight is 192 g/mol. The number of hydrogen-bond donors (Lipinski definition) is 2. The molecule has 5 nitrogen and oxygen atoms in total. The molecule has 0 aromatic carbocycles. The van der Waals surface area contributed by atoms with Crippen LogP contribution in [0.5, 0.6) is 0 Å². The number of rotatable bonds is 4. The van der Waals surface area contributed by atoms with Crippen LogP contribution in [0.1, 0.15) is 17.4 Å². The van der Waals surface area contributed by atoms with E-state index in [1.165, 1.54) is 0 Å². The Kier molecular flexibility index (Phi) is 2.60. The van der Waals surface area contributed by atoms with Crippen molar-refractivity contribution in [3.8, 4) is 0 Å². The van der Waals surface area contributed by atoms with Crippen molar-refractivity contribution in [1.82, 2.24) is 20.4 Å². The number of aromatic amines is 1. The molecule has 0 unspecified atom stereocenters. The van der Waals surface area contributed by atoms with Crippen LogP contribution in [-0.2, 0) is 13.1 Å². The van der Waals surface area contributed by atoms with Crippen molar-refractivity contribution in [2.24, 2.45) is 0 Å². The highest BCUT2D eigenvalue weighted by atomic mass is 16.5. The van der Waals surface area contributed by atoms with Gasteiger partial charge in [0, 0.05) is 25.4 Å². The van der Waals surface area contributed by atoms with Gasteiger partial charge in [0.25, 0.3) is 0 Å². The minimum atomic E-state index is 0.599. The van der Waals surface area contributed by atoms with Gasteiger partial charge in [0.2, 0.25) is 5.89 Å². The summed E-state index contributed by atoms with van der Waals surface area (Å²) in [6.45, 7) is 3.18. The van der Waals surface area contributed by atoms with E-state index in [1.807, 2.05) is 18.3 Å². The SMILES string of the molecule is Cc1nc(CNCc2ccc[nH]2)no1. The molecule has 0 aliphatic carbocycles. The fourth-order valence-corrected chi connectivity index (χ4v) is 1.20. The van der Waals surface area contributed by atoms with Gasteiger partial charge in [-0.2, -0.15) is 4.98 Å². The van der Waals surface area contributed by atoms with E-state index in [4.69, 9.17) is 4.52 Å². The highest BCUT2D eigenvalue weighted by Gasteiger charge is 2.00. The summed E-state index contributed by atoms with van der Waals surface area (Å²) < 4.78 is 4.84. The summed E-state index contributed by atoms with van der Waals surface area (Å²) in [5.41, 5.74) is 1.14. The van der Waals surface area contributed by atoms with Gasteiger partial charge in [-0.3, -0.25) is 0 Å². The largest absolute Gasteiger partial charge is 0.364 e. The van der Waals surface area contributed by atoms with Gasteiger partial charge in [-0.15, -0.1) is 0 Å². The first-order chi connectivity index (χ1) is 6.84. The molecule has 74 valence electrons. The third kappa shape index (κ3) is 2.20. The minimum absolute atomic E-state index is 0.599. The van der Waals surface area contributed by atoms with E-state index in [2.05, 4.69) is 20.4 Å². The van der Waals surface area contributed by atoms with E-state index < -0.39 is 0 Å². The fraction of sp³-hybridized carbons (Fsp3) is 0.333. The number of H-pyrrole nitrogens is 1. The molecule has 0 atom stereocenters. The van der Waals surface area contributed by atoms with Gasteiger partial charge in [-0.1, -0.05) is 5.16 Å². The molecule has 5 heteroatoms. The van der Waals surface area contributed by atoms with Gasteiger partial charge in [-0.05, 0) is 12.1 Å².